The lowest BCUT2D eigenvalue weighted by molar-refractivity contribution is 0.391. The molecule has 1 unspecified atom stereocenters. The minimum absolute atomic E-state index is 0.538. The fraction of sp³-hybridized carbons (Fsp3) is 0.600. The van der Waals surface area contributed by atoms with Crippen LogP contribution in [0.15, 0.2) is 16.8 Å². The molecule has 1 N–H and O–H groups in total. The predicted molar refractivity (Wildman–Crippen MR) is 53.5 cm³/mol. The van der Waals surface area contributed by atoms with Crippen LogP contribution in [0.4, 0.5) is 0 Å². The van der Waals surface area contributed by atoms with Crippen molar-refractivity contribution >= 4 is 11.3 Å². The number of thiophene rings is 1. The predicted octanol–water partition coefficient (Wildman–Crippen LogP) is 2.81. The second-order valence-corrected chi connectivity index (χ2v) is 4.71. The first kappa shape index (κ1) is 8.27. The van der Waals surface area contributed by atoms with Crippen LogP contribution in [0.2, 0.25) is 0 Å². The van der Waals surface area contributed by atoms with Crippen molar-refractivity contribution in [2.45, 2.75) is 25.8 Å². The summed E-state index contributed by atoms with van der Waals surface area (Å²) in [4.78, 5) is 0. The van der Waals surface area contributed by atoms with E-state index >= 15 is 0 Å². The van der Waals surface area contributed by atoms with Crippen molar-refractivity contribution in [2.24, 2.45) is 5.41 Å². The van der Waals surface area contributed by atoms with Crippen molar-refractivity contribution in [1.29, 1.82) is 0 Å². The minimum Gasteiger partial charge on any atom is -0.313 e. The van der Waals surface area contributed by atoms with Crippen molar-refractivity contribution in [2.75, 3.05) is 7.05 Å². The van der Waals surface area contributed by atoms with Gasteiger partial charge in [0.1, 0.15) is 0 Å². The van der Waals surface area contributed by atoms with Gasteiger partial charge in [-0.2, -0.15) is 11.3 Å². The normalized spacial score (nSPS) is 22.2. The minimum atomic E-state index is 0.538. The monoisotopic (exact) mass is 181 g/mol. The lowest BCUT2D eigenvalue weighted by Crippen LogP contribution is -2.23. The molecule has 0 aromatic carbocycles. The molecule has 1 fully saturated rings. The lowest BCUT2D eigenvalue weighted by atomic mass is 9.94. The molecule has 0 spiro atoms. The van der Waals surface area contributed by atoms with Gasteiger partial charge in [0, 0.05) is 6.04 Å². The number of hydrogen-bond donors (Lipinski definition) is 1. The molecule has 0 bridgehead atoms. The van der Waals surface area contributed by atoms with Crippen LogP contribution in [0.3, 0.4) is 0 Å². The zero-order valence-electron chi connectivity index (χ0n) is 7.63. The molecule has 1 aromatic heterocycles. The van der Waals surface area contributed by atoms with Crippen LogP contribution in [-0.4, -0.2) is 7.05 Å². The SMILES string of the molecule is CNC(c1ccsc1)C1(C)CC1. The van der Waals surface area contributed by atoms with Gasteiger partial charge < -0.3 is 5.32 Å². The van der Waals surface area contributed by atoms with Crippen LogP contribution in [0, 0.1) is 5.41 Å². The van der Waals surface area contributed by atoms with E-state index in [2.05, 4.69) is 36.1 Å². The molecule has 2 heteroatoms. The zero-order valence-corrected chi connectivity index (χ0v) is 8.45. The van der Waals surface area contributed by atoms with E-state index in [1.807, 2.05) is 0 Å². The van der Waals surface area contributed by atoms with E-state index in [0.717, 1.165) is 0 Å². The van der Waals surface area contributed by atoms with E-state index in [9.17, 15) is 0 Å². The Balaban J connectivity index is 2.19. The molecule has 1 aliphatic carbocycles. The number of rotatable bonds is 3. The summed E-state index contributed by atoms with van der Waals surface area (Å²) in [6.07, 6.45) is 2.74. The first-order valence-electron chi connectivity index (χ1n) is 4.46. The highest BCUT2D eigenvalue weighted by atomic mass is 32.1. The van der Waals surface area contributed by atoms with Crippen molar-refractivity contribution in [3.05, 3.63) is 22.4 Å². The summed E-state index contributed by atoms with van der Waals surface area (Å²) in [7, 11) is 2.06. The molecule has 1 heterocycles. The van der Waals surface area contributed by atoms with E-state index < -0.39 is 0 Å². The van der Waals surface area contributed by atoms with E-state index in [0.29, 0.717) is 11.5 Å². The van der Waals surface area contributed by atoms with Crippen LogP contribution in [-0.2, 0) is 0 Å². The molecule has 0 aliphatic heterocycles. The second-order valence-electron chi connectivity index (χ2n) is 3.93. The Bertz CT molecular complexity index is 249. The van der Waals surface area contributed by atoms with Gasteiger partial charge in [0.2, 0.25) is 0 Å². The maximum atomic E-state index is 3.41. The largest absolute Gasteiger partial charge is 0.313 e. The van der Waals surface area contributed by atoms with Crippen molar-refractivity contribution in [3.63, 3.8) is 0 Å². The quantitative estimate of drug-likeness (QED) is 0.756. The highest BCUT2D eigenvalue weighted by Crippen LogP contribution is 2.54. The lowest BCUT2D eigenvalue weighted by Gasteiger charge is -2.21. The van der Waals surface area contributed by atoms with Crippen molar-refractivity contribution in [3.8, 4) is 0 Å². The molecule has 1 nitrogen and oxygen atoms in total. The Kier molecular flexibility index (Phi) is 1.97. The van der Waals surface area contributed by atoms with Gasteiger partial charge in [-0.25, -0.2) is 0 Å². The molecular weight excluding hydrogens is 166 g/mol. The molecule has 0 radical (unpaired) electrons. The molecule has 1 aliphatic rings. The molecule has 12 heavy (non-hydrogen) atoms. The van der Waals surface area contributed by atoms with Gasteiger partial charge in [-0.3, -0.25) is 0 Å². The molecule has 1 atom stereocenters. The highest BCUT2D eigenvalue weighted by Gasteiger charge is 2.44. The summed E-state index contributed by atoms with van der Waals surface area (Å²) in [5, 5.41) is 7.83. The molecule has 0 saturated heterocycles. The van der Waals surface area contributed by atoms with Gasteiger partial charge in [0.25, 0.3) is 0 Å². The first-order chi connectivity index (χ1) is 5.76. The third kappa shape index (κ3) is 1.29. The Morgan fingerprint density at radius 1 is 1.58 bits per heavy atom. The average Bonchev–Trinajstić information content (AvgIpc) is 2.63. The maximum Gasteiger partial charge on any atom is 0.0380 e. The van der Waals surface area contributed by atoms with Gasteiger partial charge in [-0.1, -0.05) is 6.92 Å². The summed E-state index contributed by atoms with van der Waals surface area (Å²) < 4.78 is 0. The van der Waals surface area contributed by atoms with E-state index in [-0.39, 0.29) is 0 Å². The molecule has 2 rings (SSSR count). The Labute approximate surface area is 77.8 Å². The zero-order chi connectivity index (χ0) is 8.60. The van der Waals surface area contributed by atoms with Crippen molar-refractivity contribution in [1.82, 2.24) is 5.32 Å². The number of nitrogens with one attached hydrogen (secondary N) is 1. The molecule has 1 aromatic rings. The topological polar surface area (TPSA) is 12.0 Å². The molecular formula is C10H15NS. The second kappa shape index (κ2) is 2.86. The van der Waals surface area contributed by atoms with Gasteiger partial charge in [-0.15, -0.1) is 0 Å². The van der Waals surface area contributed by atoms with E-state index in [4.69, 9.17) is 0 Å². The first-order valence-corrected chi connectivity index (χ1v) is 5.40. The fourth-order valence-electron chi connectivity index (χ4n) is 1.84. The summed E-state index contributed by atoms with van der Waals surface area (Å²) in [6, 6.07) is 2.80. The maximum absolute atomic E-state index is 3.41. The van der Waals surface area contributed by atoms with Crippen LogP contribution in [0.1, 0.15) is 31.4 Å². The molecule has 66 valence electrons. The summed E-state index contributed by atoms with van der Waals surface area (Å²) in [5.74, 6) is 0. The summed E-state index contributed by atoms with van der Waals surface area (Å²) in [6.45, 7) is 2.37. The third-order valence-electron chi connectivity index (χ3n) is 2.90. The number of hydrogen-bond acceptors (Lipinski definition) is 2. The van der Waals surface area contributed by atoms with Gasteiger partial charge in [0.05, 0.1) is 0 Å². The smallest absolute Gasteiger partial charge is 0.0380 e. The summed E-state index contributed by atoms with van der Waals surface area (Å²) in [5.41, 5.74) is 2.00. The molecule has 0 amide bonds. The van der Waals surface area contributed by atoms with E-state index in [1.165, 1.54) is 18.4 Å². The molecule has 1 saturated carbocycles. The Morgan fingerprint density at radius 3 is 2.75 bits per heavy atom. The highest BCUT2D eigenvalue weighted by molar-refractivity contribution is 7.07. The van der Waals surface area contributed by atoms with Gasteiger partial charge >= 0.3 is 0 Å². The van der Waals surface area contributed by atoms with E-state index in [1.54, 1.807) is 11.3 Å². The van der Waals surface area contributed by atoms with Gasteiger partial charge in [0.15, 0.2) is 0 Å². The standard InChI is InChI=1S/C10H15NS/c1-10(4-5-10)9(11-2)8-3-6-12-7-8/h3,6-7,9,11H,4-5H2,1-2H3. The van der Waals surface area contributed by atoms with Gasteiger partial charge in [-0.05, 0) is 47.7 Å². The van der Waals surface area contributed by atoms with Crippen molar-refractivity contribution < 1.29 is 0 Å². The Hall–Kier alpha value is -0.340. The Morgan fingerprint density at radius 2 is 2.33 bits per heavy atom. The summed E-state index contributed by atoms with van der Waals surface area (Å²) >= 11 is 1.79. The van der Waals surface area contributed by atoms with Crippen LogP contribution >= 0.6 is 11.3 Å². The fourth-order valence-corrected chi connectivity index (χ4v) is 2.53. The van der Waals surface area contributed by atoms with Crippen LogP contribution < -0.4 is 5.32 Å². The van der Waals surface area contributed by atoms with Crippen LogP contribution in [0.25, 0.3) is 0 Å². The van der Waals surface area contributed by atoms with Crippen LogP contribution in [0.5, 0.6) is 0 Å². The third-order valence-corrected chi connectivity index (χ3v) is 3.60. The average molecular weight is 181 g/mol.